The third-order valence-corrected chi connectivity index (χ3v) is 6.69. The second-order valence-electron chi connectivity index (χ2n) is 8.99. The second kappa shape index (κ2) is 11.9. The first-order chi connectivity index (χ1) is 17.5. The Balaban J connectivity index is 1.25. The summed E-state index contributed by atoms with van der Waals surface area (Å²) in [6.45, 7) is 9.78. The van der Waals surface area contributed by atoms with Gasteiger partial charge in [-0.15, -0.1) is 0 Å². The first kappa shape index (κ1) is 25.4. The highest BCUT2D eigenvalue weighted by Crippen LogP contribution is 2.27. The largest absolute Gasteiger partial charge is 0.494 e. The molecule has 4 rings (SSSR count). The summed E-state index contributed by atoms with van der Waals surface area (Å²) in [5, 5.41) is 16.1. The van der Waals surface area contributed by atoms with Crippen LogP contribution in [0.5, 0.6) is 5.75 Å². The Morgan fingerprint density at radius 2 is 1.78 bits per heavy atom. The molecule has 8 heteroatoms. The predicted molar refractivity (Wildman–Crippen MR) is 143 cm³/mol. The molecular formula is C28H34N4O4. The Morgan fingerprint density at radius 3 is 2.50 bits per heavy atom. The van der Waals surface area contributed by atoms with Gasteiger partial charge >= 0.3 is 0 Å². The molecule has 8 nitrogen and oxygen atoms in total. The van der Waals surface area contributed by atoms with Crippen LogP contribution in [0.4, 0.5) is 11.4 Å². The summed E-state index contributed by atoms with van der Waals surface area (Å²) in [6.07, 6.45) is 1.94. The van der Waals surface area contributed by atoms with Crippen molar-refractivity contribution < 1.29 is 14.5 Å². The molecule has 0 bridgehead atoms. The standard InChI is InChI=1S/C28H34N4O4/c1-3-25-26(7-5-8-27(25)36-4-2)29-13-6-14-30-15-17-31(18-16-30)28(33)23-10-9-22-20-24(32(34)35)12-11-21(22)19-23/h5,7-12,19-20,29H,3-4,6,13-18H2,1-2H3. The molecule has 1 fully saturated rings. The maximum absolute atomic E-state index is 13.1. The zero-order valence-electron chi connectivity index (χ0n) is 21.0. The smallest absolute Gasteiger partial charge is 0.270 e. The van der Waals surface area contributed by atoms with Gasteiger partial charge in [-0.2, -0.15) is 0 Å². The molecule has 1 N–H and O–H groups in total. The van der Waals surface area contributed by atoms with Crippen molar-refractivity contribution in [2.24, 2.45) is 0 Å². The number of nitro benzene ring substituents is 1. The molecule has 0 radical (unpaired) electrons. The van der Waals surface area contributed by atoms with E-state index in [1.165, 1.54) is 17.7 Å². The van der Waals surface area contributed by atoms with Crippen LogP contribution in [0.3, 0.4) is 0 Å². The fourth-order valence-corrected chi connectivity index (χ4v) is 4.75. The number of nitrogens with zero attached hydrogens (tertiary/aromatic N) is 3. The van der Waals surface area contributed by atoms with Gasteiger partial charge in [-0.3, -0.25) is 19.8 Å². The molecule has 36 heavy (non-hydrogen) atoms. The van der Waals surface area contributed by atoms with E-state index in [1.807, 2.05) is 30.0 Å². The minimum absolute atomic E-state index is 0.0119. The lowest BCUT2D eigenvalue weighted by atomic mass is 10.1. The fraction of sp³-hybridized carbons (Fsp3) is 0.393. The second-order valence-corrected chi connectivity index (χ2v) is 8.99. The average molecular weight is 491 g/mol. The van der Waals surface area contributed by atoms with Gasteiger partial charge < -0.3 is 15.0 Å². The van der Waals surface area contributed by atoms with Gasteiger partial charge in [0.1, 0.15) is 5.75 Å². The van der Waals surface area contributed by atoms with Crippen LogP contribution in [0, 0.1) is 10.1 Å². The molecule has 1 saturated heterocycles. The number of benzene rings is 3. The number of hydrogen-bond acceptors (Lipinski definition) is 6. The molecule has 1 heterocycles. The van der Waals surface area contributed by atoms with E-state index in [9.17, 15) is 14.9 Å². The van der Waals surface area contributed by atoms with E-state index in [0.29, 0.717) is 25.3 Å². The van der Waals surface area contributed by atoms with Crippen molar-refractivity contribution in [2.75, 3.05) is 51.2 Å². The molecule has 0 aromatic heterocycles. The number of carbonyl (C=O) groups excluding carboxylic acids is 1. The van der Waals surface area contributed by atoms with Gasteiger partial charge in [0.05, 0.1) is 11.5 Å². The summed E-state index contributed by atoms with van der Waals surface area (Å²) in [6, 6.07) is 16.3. The number of nitro groups is 1. The Hall–Kier alpha value is -3.65. The number of anilines is 1. The Kier molecular flexibility index (Phi) is 8.38. The minimum Gasteiger partial charge on any atom is -0.494 e. The van der Waals surface area contributed by atoms with Crippen LogP contribution in [0.1, 0.15) is 36.2 Å². The molecule has 0 saturated carbocycles. The van der Waals surface area contributed by atoms with Crippen molar-refractivity contribution in [3.63, 3.8) is 0 Å². The van der Waals surface area contributed by atoms with Gasteiger partial charge in [0.2, 0.25) is 0 Å². The number of carbonyl (C=O) groups is 1. The molecule has 3 aromatic carbocycles. The highest BCUT2D eigenvalue weighted by atomic mass is 16.6. The number of rotatable bonds is 10. The summed E-state index contributed by atoms with van der Waals surface area (Å²) in [5.74, 6) is 0.969. The number of piperazine rings is 1. The fourth-order valence-electron chi connectivity index (χ4n) is 4.75. The van der Waals surface area contributed by atoms with Crippen molar-refractivity contribution in [3.05, 3.63) is 75.8 Å². The summed E-state index contributed by atoms with van der Waals surface area (Å²) < 4.78 is 5.76. The number of hydrogen-bond donors (Lipinski definition) is 1. The average Bonchev–Trinajstić information content (AvgIpc) is 2.90. The van der Waals surface area contributed by atoms with E-state index >= 15 is 0 Å². The molecule has 190 valence electrons. The lowest BCUT2D eigenvalue weighted by molar-refractivity contribution is -0.384. The predicted octanol–water partition coefficient (Wildman–Crippen LogP) is 4.97. The van der Waals surface area contributed by atoms with Crippen LogP contribution in [0.15, 0.2) is 54.6 Å². The Morgan fingerprint density at radius 1 is 1.03 bits per heavy atom. The highest BCUT2D eigenvalue weighted by Gasteiger charge is 2.22. The summed E-state index contributed by atoms with van der Waals surface area (Å²) >= 11 is 0. The number of ether oxygens (including phenoxy) is 1. The number of fused-ring (bicyclic) bond motifs is 1. The Labute approximate surface area is 212 Å². The van der Waals surface area contributed by atoms with Crippen molar-refractivity contribution in [1.82, 2.24) is 9.80 Å². The van der Waals surface area contributed by atoms with E-state index in [2.05, 4.69) is 23.2 Å². The van der Waals surface area contributed by atoms with Crippen molar-refractivity contribution in [2.45, 2.75) is 26.7 Å². The van der Waals surface area contributed by atoms with E-state index in [-0.39, 0.29) is 11.6 Å². The van der Waals surface area contributed by atoms with Gasteiger partial charge in [0.25, 0.3) is 11.6 Å². The first-order valence-corrected chi connectivity index (χ1v) is 12.7. The molecule has 3 aromatic rings. The van der Waals surface area contributed by atoms with Crippen LogP contribution in [0.25, 0.3) is 10.8 Å². The zero-order chi connectivity index (χ0) is 25.5. The van der Waals surface area contributed by atoms with Crippen molar-refractivity contribution in [1.29, 1.82) is 0 Å². The van der Waals surface area contributed by atoms with Crippen LogP contribution in [-0.4, -0.2) is 66.5 Å². The van der Waals surface area contributed by atoms with Crippen LogP contribution in [-0.2, 0) is 6.42 Å². The molecule has 0 spiro atoms. The van der Waals surface area contributed by atoms with Gasteiger partial charge in [-0.25, -0.2) is 0 Å². The number of amides is 1. The Bertz CT molecular complexity index is 1220. The van der Waals surface area contributed by atoms with Crippen molar-refractivity contribution in [3.8, 4) is 5.75 Å². The van der Waals surface area contributed by atoms with Crippen molar-refractivity contribution >= 4 is 28.1 Å². The van der Waals surface area contributed by atoms with E-state index in [0.717, 1.165) is 61.2 Å². The van der Waals surface area contributed by atoms with E-state index < -0.39 is 4.92 Å². The molecule has 1 amide bonds. The van der Waals surface area contributed by atoms with Gasteiger partial charge in [0.15, 0.2) is 0 Å². The molecule has 0 atom stereocenters. The quantitative estimate of drug-likeness (QED) is 0.245. The lowest BCUT2D eigenvalue weighted by Crippen LogP contribution is -2.49. The third kappa shape index (κ3) is 5.94. The van der Waals surface area contributed by atoms with Gasteiger partial charge in [-0.1, -0.05) is 19.1 Å². The highest BCUT2D eigenvalue weighted by molar-refractivity contribution is 5.99. The SMILES string of the molecule is CCOc1cccc(NCCCN2CCN(C(=O)c3ccc4cc([N+](=O)[O-])ccc4c3)CC2)c1CC. The zero-order valence-corrected chi connectivity index (χ0v) is 21.0. The van der Waals surface area contributed by atoms with Crippen LogP contribution in [0.2, 0.25) is 0 Å². The number of nitrogens with one attached hydrogen (secondary N) is 1. The van der Waals surface area contributed by atoms with E-state index in [4.69, 9.17) is 4.74 Å². The summed E-state index contributed by atoms with van der Waals surface area (Å²) in [7, 11) is 0. The molecule has 0 aliphatic carbocycles. The van der Waals surface area contributed by atoms with Gasteiger partial charge in [0, 0.05) is 61.7 Å². The number of non-ortho nitro benzene ring substituents is 1. The summed E-state index contributed by atoms with van der Waals surface area (Å²) in [4.78, 5) is 27.9. The molecule has 1 aliphatic rings. The summed E-state index contributed by atoms with van der Waals surface area (Å²) in [5.41, 5.74) is 3.04. The van der Waals surface area contributed by atoms with Crippen LogP contribution >= 0.6 is 0 Å². The molecule has 1 aliphatic heterocycles. The third-order valence-electron chi connectivity index (χ3n) is 6.69. The van der Waals surface area contributed by atoms with Crippen LogP contribution < -0.4 is 10.1 Å². The topological polar surface area (TPSA) is 88.0 Å². The lowest BCUT2D eigenvalue weighted by Gasteiger charge is -2.34. The monoisotopic (exact) mass is 490 g/mol. The van der Waals surface area contributed by atoms with Gasteiger partial charge in [-0.05, 0) is 67.4 Å². The maximum Gasteiger partial charge on any atom is 0.270 e. The normalized spacial score (nSPS) is 14.1. The maximum atomic E-state index is 13.1. The first-order valence-electron chi connectivity index (χ1n) is 12.7. The molecule has 0 unspecified atom stereocenters. The van der Waals surface area contributed by atoms with E-state index in [1.54, 1.807) is 18.2 Å². The minimum atomic E-state index is -0.406. The molecular weight excluding hydrogens is 456 g/mol.